The lowest BCUT2D eigenvalue weighted by atomic mass is 10.2. The van der Waals surface area contributed by atoms with E-state index in [9.17, 15) is 4.79 Å². The van der Waals surface area contributed by atoms with Crippen molar-refractivity contribution in [2.75, 3.05) is 0 Å². The lowest BCUT2D eigenvalue weighted by molar-refractivity contribution is -0.117. The molecule has 0 fully saturated rings. The van der Waals surface area contributed by atoms with Crippen LogP contribution in [0.15, 0.2) is 24.8 Å². The van der Waals surface area contributed by atoms with E-state index in [2.05, 4.69) is 25.7 Å². The van der Waals surface area contributed by atoms with Gasteiger partial charge in [0.2, 0.25) is 5.91 Å². The molecule has 0 rings (SSSR count). The summed E-state index contributed by atoms with van der Waals surface area (Å²) >= 11 is 0. The largest absolute Gasteiger partial charge is 0.350 e. The van der Waals surface area contributed by atoms with Crippen molar-refractivity contribution in [1.82, 2.24) is 5.32 Å². The molecule has 1 N–H and O–H groups in total. The fourth-order valence-corrected chi connectivity index (χ4v) is 0.898. The first-order chi connectivity index (χ1) is 5.74. The first-order valence-electron chi connectivity index (χ1n) is 4.34. The van der Waals surface area contributed by atoms with E-state index in [1.807, 2.05) is 0 Å². The van der Waals surface area contributed by atoms with E-state index in [-0.39, 0.29) is 5.91 Å². The first kappa shape index (κ1) is 11.0. The number of amides is 1. The molecular weight excluding hydrogens is 150 g/mol. The van der Waals surface area contributed by atoms with Crippen LogP contribution < -0.4 is 5.32 Å². The van der Waals surface area contributed by atoms with Gasteiger partial charge in [0, 0.05) is 12.1 Å². The zero-order valence-corrected chi connectivity index (χ0v) is 7.84. The van der Waals surface area contributed by atoms with Gasteiger partial charge in [0.25, 0.3) is 0 Å². The summed E-state index contributed by atoms with van der Waals surface area (Å²) in [5.41, 5.74) is 0. The maximum Gasteiger partial charge on any atom is 0.244 e. The highest BCUT2D eigenvalue weighted by molar-refractivity contribution is 5.87. The van der Waals surface area contributed by atoms with Gasteiger partial charge in [0.05, 0.1) is 0 Å². The number of hydrogen-bond donors (Lipinski definition) is 1. The van der Waals surface area contributed by atoms with E-state index < -0.39 is 0 Å². The molecule has 0 aromatic heterocycles. The second-order valence-corrected chi connectivity index (χ2v) is 2.62. The lowest BCUT2D eigenvalue weighted by Crippen LogP contribution is -2.32. The molecule has 0 spiro atoms. The summed E-state index contributed by atoms with van der Waals surface area (Å²) in [6, 6.07) is 0.298. The van der Waals surface area contributed by atoms with Crippen molar-refractivity contribution in [3.8, 4) is 0 Å². The number of carbonyl (C=O) groups excluding carboxylic acids is 1. The van der Waals surface area contributed by atoms with Gasteiger partial charge in [-0.25, -0.2) is 0 Å². The van der Waals surface area contributed by atoms with Gasteiger partial charge in [-0.1, -0.05) is 32.6 Å². The van der Waals surface area contributed by atoms with Crippen LogP contribution in [0, 0.1) is 0 Å². The molecule has 0 saturated heterocycles. The van der Waals surface area contributed by atoms with Crippen LogP contribution in [0.2, 0.25) is 0 Å². The molecule has 0 unspecified atom stereocenters. The van der Waals surface area contributed by atoms with Gasteiger partial charge in [-0.3, -0.25) is 4.79 Å². The predicted octanol–water partition coefficient (Wildman–Crippen LogP) is 2.03. The molecule has 0 aliphatic heterocycles. The molecule has 0 radical (unpaired) electrons. The Morgan fingerprint density at radius 1 is 1.50 bits per heavy atom. The molecule has 0 heterocycles. The van der Waals surface area contributed by atoms with Crippen LogP contribution in [-0.2, 0) is 4.79 Å². The fourth-order valence-electron chi connectivity index (χ4n) is 0.898. The minimum atomic E-state index is -0.0383. The van der Waals surface area contributed by atoms with Crippen molar-refractivity contribution < 1.29 is 4.79 Å². The highest BCUT2D eigenvalue weighted by atomic mass is 16.1. The van der Waals surface area contributed by atoms with E-state index in [1.54, 1.807) is 12.2 Å². The predicted molar refractivity (Wildman–Crippen MR) is 51.8 cm³/mol. The lowest BCUT2D eigenvalue weighted by Gasteiger charge is -2.12. The number of hydrogen-bond acceptors (Lipinski definition) is 1. The van der Waals surface area contributed by atoms with Gasteiger partial charge in [-0.05, 0) is 12.8 Å². The van der Waals surface area contributed by atoms with Crippen molar-refractivity contribution in [3.63, 3.8) is 0 Å². The monoisotopic (exact) mass is 167 g/mol. The number of rotatable bonds is 5. The average Bonchev–Trinajstić information content (AvgIpc) is 2.10. The SMILES string of the molecule is C=C/C=C/C(=O)NC(CC)CC. The average molecular weight is 167 g/mol. The summed E-state index contributed by atoms with van der Waals surface area (Å²) in [4.78, 5) is 11.1. The van der Waals surface area contributed by atoms with Gasteiger partial charge in [0.15, 0.2) is 0 Å². The van der Waals surface area contributed by atoms with Crippen molar-refractivity contribution in [2.24, 2.45) is 0 Å². The van der Waals surface area contributed by atoms with Crippen molar-refractivity contribution in [2.45, 2.75) is 32.7 Å². The second-order valence-electron chi connectivity index (χ2n) is 2.62. The Hall–Kier alpha value is -1.05. The fraction of sp³-hybridized carbons (Fsp3) is 0.500. The maximum atomic E-state index is 11.1. The quantitative estimate of drug-likeness (QED) is 0.492. The normalized spacial score (nSPS) is 10.6. The number of allylic oxidation sites excluding steroid dienone is 2. The van der Waals surface area contributed by atoms with Gasteiger partial charge in [-0.15, -0.1) is 0 Å². The zero-order chi connectivity index (χ0) is 9.40. The van der Waals surface area contributed by atoms with Crippen LogP contribution in [0.1, 0.15) is 26.7 Å². The Morgan fingerprint density at radius 2 is 2.08 bits per heavy atom. The minimum absolute atomic E-state index is 0.0383. The van der Waals surface area contributed by atoms with E-state index in [0.717, 1.165) is 12.8 Å². The third-order valence-corrected chi connectivity index (χ3v) is 1.72. The van der Waals surface area contributed by atoms with Crippen molar-refractivity contribution >= 4 is 5.91 Å². The maximum absolute atomic E-state index is 11.1. The summed E-state index contributed by atoms with van der Waals surface area (Å²) in [5, 5.41) is 2.88. The molecule has 2 heteroatoms. The van der Waals surface area contributed by atoms with E-state index in [4.69, 9.17) is 0 Å². The Labute approximate surface area is 74.4 Å². The van der Waals surface area contributed by atoms with E-state index in [0.29, 0.717) is 6.04 Å². The highest BCUT2D eigenvalue weighted by Gasteiger charge is 2.03. The smallest absolute Gasteiger partial charge is 0.244 e. The molecule has 1 amide bonds. The van der Waals surface area contributed by atoms with E-state index in [1.165, 1.54) is 6.08 Å². The van der Waals surface area contributed by atoms with Gasteiger partial charge >= 0.3 is 0 Å². The molecule has 12 heavy (non-hydrogen) atoms. The first-order valence-corrected chi connectivity index (χ1v) is 4.34. The van der Waals surface area contributed by atoms with Crippen LogP contribution in [-0.4, -0.2) is 11.9 Å². The van der Waals surface area contributed by atoms with Crippen LogP contribution >= 0.6 is 0 Å². The topological polar surface area (TPSA) is 29.1 Å². The van der Waals surface area contributed by atoms with Gasteiger partial charge in [0.1, 0.15) is 0 Å². The zero-order valence-electron chi connectivity index (χ0n) is 7.84. The summed E-state index contributed by atoms with van der Waals surface area (Å²) in [6.07, 6.45) is 6.67. The summed E-state index contributed by atoms with van der Waals surface area (Å²) in [5.74, 6) is -0.0383. The Morgan fingerprint density at radius 3 is 2.50 bits per heavy atom. The van der Waals surface area contributed by atoms with Crippen molar-refractivity contribution in [3.05, 3.63) is 24.8 Å². The van der Waals surface area contributed by atoms with Gasteiger partial charge < -0.3 is 5.32 Å². The van der Waals surface area contributed by atoms with Crippen LogP contribution in [0.3, 0.4) is 0 Å². The summed E-state index contributed by atoms with van der Waals surface area (Å²) < 4.78 is 0. The third kappa shape index (κ3) is 4.72. The van der Waals surface area contributed by atoms with Gasteiger partial charge in [-0.2, -0.15) is 0 Å². The Kier molecular flexibility index (Phi) is 6.07. The van der Waals surface area contributed by atoms with Crippen LogP contribution in [0.4, 0.5) is 0 Å². The number of nitrogens with one attached hydrogen (secondary N) is 1. The Balaban J connectivity index is 3.81. The molecule has 68 valence electrons. The molecule has 2 nitrogen and oxygen atoms in total. The second kappa shape index (κ2) is 6.65. The molecule has 0 atom stereocenters. The van der Waals surface area contributed by atoms with E-state index >= 15 is 0 Å². The number of carbonyl (C=O) groups is 1. The molecule has 0 aromatic carbocycles. The molecule has 0 aliphatic carbocycles. The summed E-state index contributed by atoms with van der Waals surface area (Å²) in [6.45, 7) is 7.61. The third-order valence-electron chi connectivity index (χ3n) is 1.72. The molecule has 0 saturated carbocycles. The standard InChI is InChI=1S/C10H17NO/c1-4-7-8-10(12)11-9(5-2)6-3/h4,7-9H,1,5-6H2,2-3H3,(H,11,12)/b8-7+. The molecular formula is C10H17NO. The van der Waals surface area contributed by atoms with Crippen LogP contribution in [0.5, 0.6) is 0 Å². The molecule has 0 aliphatic rings. The highest BCUT2D eigenvalue weighted by Crippen LogP contribution is 1.95. The summed E-state index contributed by atoms with van der Waals surface area (Å²) in [7, 11) is 0. The van der Waals surface area contributed by atoms with Crippen molar-refractivity contribution in [1.29, 1.82) is 0 Å². The molecule has 0 aromatic rings. The Bertz CT molecular complexity index is 169. The molecule has 0 bridgehead atoms. The minimum Gasteiger partial charge on any atom is -0.350 e. The van der Waals surface area contributed by atoms with Crippen LogP contribution in [0.25, 0.3) is 0 Å².